The molecule has 0 unspecified atom stereocenters. The first-order chi connectivity index (χ1) is 7.58. The molecule has 3 heteroatoms. The summed E-state index contributed by atoms with van der Waals surface area (Å²) in [5, 5.41) is 3.51. The zero-order valence-corrected chi connectivity index (χ0v) is 11.2. The molecule has 0 amide bonds. The van der Waals surface area contributed by atoms with Crippen LogP contribution in [0.1, 0.15) is 40.5 Å². The summed E-state index contributed by atoms with van der Waals surface area (Å²) in [5.41, 5.74) is 0. The highest BCUT2D eigenvalue weighted by molar-refractivity contribution is 4.86. The minimum absolute atomic E-state index is 0.457. The number of hydrogen-bond donors (Lipinski definition) is 1. The molecule has 3 nitrogen and oxygen atoms in total. The van der Waals surface area contributed by atoms with Crippen LogP contribution < -0.4 is 5.32 Å². The van der Waals surface area contributed by atoms with Gasteiger partial charge in [-0.3, -0.25) is 0 Å². The molecule has 1 saturated carbocycles. The lowest BCUT2D eigenvalue weighted by molar-refractivity contribution is -0.0453. The SMILES string of the molecule is CC(C)COCCO[C@H]1C[C@@H](NC(C)C)C1. The van der Waals surface area contributed by atoms with Crippen LogP contribution in [-0.2, 0) is 9.47 Å². The molecular formula is C13H27NO2. The maximum atomic E-state index is 5.71. The smallest absolute Gasteiger partial charge is 0.0704 e. The van der Waals surface area contributed by atoms with Crippen LogP contribution in [0.15, 0.2) is 0 Å². The minimum atomic E-state index is 0.457. The highest BCUT2D eigenvalue weighted by Crippen LogP contribution is 2.23. The van der Waals surface area contributed by atoms with Crippen LogP contribution in [-0.4, -0.2) is 38.0 Å². The van der Waals surface area contributed by atoms with Crippen molar-refractivity contribution in [3.8, 4) is 0 Å². The average Bonchev–Trinajstić information content (AvgIpc) is 2.11. The van der Waals surface area contributed by atoms with Crippen molar-refractivity contribution in [2.45, 2.75) is 58.7 Å². The first-order valence-corrected chi connectivity index (χ1v) is 6.53. The Balaban J connectivity index is 1.86. The van der Waals surface area contributed by atoms with Gasteiger partial charge in [0.05, 0.1) is 19.3 Å². The molecule has 16 heavy (non-hydrogen) atoms. The van der Waals surface area contributed by atoms with Gasteiger partial charge in [-0.15, -0.1) is 0 Å². The van der Waals surface area contributed by atoms with E-state index < -0.39 is 0 Å². The zero-order chi connectivity index (χ0) is 12.0. The molecule has 0 spiro atoms. The van der Waals surface area contributed by atoms with Crippen LogP contribution in [0.5, 0.6) is 0 Å². The van der Waals surface area contributed by atoms with Crippen molar-refractivity contribution in [2.75, 3.05) is 19.8 Å². The van der Waals surface area contributed by atoms with Gasteiger partial charge in [-0.1, -0.05) is 27.7 Å². The molecule has 1 fully saturated rings. The van der Waals surface area contributed by atoms with Crippen molar-refractivity contribution in [3.05, 3.63) is 0 Å². The third-order valence-corrected chi connectivity index (χ3v) is 2.70. The van der Waals surface area contributed by atoms with Crippen LogP contribution in [0.2, 0.25) is 0 Å². The molecule has 0 heterocycles. The molecule has 1 N–H and O–H groups in total. The van der Waals surface area contributed by atoms with Gasteiger partial charge in [-0.05, 0) is 18.8 Å². The first-order valence-electron chi connectivity index (χ1n) is 6.53. The molecule has 0 aromatic heterocycles. The number of rotatable bonds is 8. The Hall–Kier alpha value is -0.120. The average molecular weight is 229 g/mol. The molecular weight excluding hydrogens is 202 g/mol. The van der Waals surface area contributed by atoms with Crippen molar-refractivity contribution >= 4 is 0 Å². The molecule has 0 saturated heterocycles. The second-order valence-electron chi connectivity index (χ2n) is 5.45. The Kier molecular flexibility index (Phi) is 6.32. The zero-order valence-electron chi connectivity index (χ0n) is 11.2. The van der Waals surface area contributed by atoms with Crippen LogP contribution >= 0.6 is 0 Å². The van der Waals surface area contributed by atoms with Crippen molar-refractivity contribution < 1.29 is 9.47 Å². The third-order valence-electron chi connectivity index (χ3n) is 2.70. The summed E-state index contributed by atoms with van der Waals surface area (Å²) >= 11 is 0. The predicted molar refractivity (Wildman–Crippen MR) is 66.7 cm³/mol. The Morgan fingerprint density at radius 1 is 1.12 bits per heavy atom. The van der Waals surface area contributed by atoms with Crippen molar-refractivity contribution in [1.82, 2.24) is 5.32 Å². The van der Waals surface area contributed by atoms with Crippen molar-refractivity contribution in [2.24, 2.45) is 5.92 Å². The monoisotopic (exact) mass is 229 g/mol. The van der Waals surface area contributed by atoms with Gasteiger partial charge in [0.15, 0.2) is 0 Å². The molecule has 1 rings (SSSR count). The second-order valence-corrected chi connectivity index (χ2v) is 5.45. The quantitative estimate of drug-likeness (QED) is 0.647. The van der Waals surface area contributed by atoms with Crippen LogP contribution in [0.25, 0.3) is 0 Å². The van der Waals surface area contributed by atoms with E-state index in [4.69, 9.17) is 9.47 Å². The molecule has 0 bridgehead atoms. The third kappa shape index (κ3) is 5.83. The van der Waals surface area contributed by atoms with E-state index >= 15 is 0 Å². The van der Waals surface area contributed by atoms with E-state index in [1.807, 2.05) is 0 Å². The van der Waals surface area contributed by atoms with E-state index in [-0.39, 0.29) is 0 Å². The van der Waals surface area contributed by atoms with Gasteiger partial charge in [0.25, 0.3) is 0 Å². The molecule has 0 radical (unpaired) electrons. The summed E-state index contributed by atoms with van der Waals surface area (Å²) in [4.78, 5) is 0. The summed E-state index contributed by atoms with van der Waals surface area (Å²) in [6.45, 7) is 11.0. The Bertz CT molecular complexity index is 177. The topological polar surface area (TPSA) is 30.5 Å². The summed E-state index contributed by atoms with van der Waals surface area (Å²) in [7, 11) is 0. The van der Waals surface area contributed by atoms with E-state index in [0.717, 1.165) is 32.7 Å². The summed E-state index contributed by atoms with van der Waals surface area (Å²) in [6, 6.07) is 1.25. The van der Waals surface area contributed by atoms with Gasteiger partial charge < -0.3 is 14.8 Å². The van der Waals surface area contributed by atoms with Gasteiger partial charge in [0.1, 0.15) is 0 Å². The molecule has 1 aliphatic carbocycles. The van der Waals surface area contributed by atoms with Gasteiger partial charge in [-0.25, -0.2) is 0 Å². The maximum absolute atomic E-state index is 5.71. The van der Waals surface area contributed by atoms with E-state index in [2.05, 4.69) is 33.0 Å². The molecule has 0 aromatic rings. The van der Waals surface area contributed by atoms with Gasteiger partial charge in [0.2, 0.25) is 0 Å². The number of nitrogens with one attached hydrogen (secondary N) is 1. The highest BCUT2D eigenvalue weighted by atomic mass is 16.5. The minimum Gasteiger partial charge on any atom is -0.379 e. The fourth-order valence-corrected chi connectivity index (χ4v) is 1.90. The Morgan fingerprint density at radius 2 is 1.81 bits per heavy atom. The van der Waals surface area contributed by atoms with Crippen molar-refractivity contribution in [3.63, 3.8) is 0 Å². The van der Waals surface area contributed by atoms with Crippen molar-refractivity contribution in [1.29, 1.82) is 0 Å². The van der Waals surface area contributed by atoms with E-state index in [9.17, 15) is 0 Å². The largest absolute Gasteiger partial charge is 0.379 e. The number of hydrogen-bond acceptors (Lipinski definition) is 3. The van der Waals surface area contributed by atoms with E-state index in [1.165, 1.54) is 0 Å². The molecule has 0 aromatic carbocycles. The summed E-state index contributed by atoms with van der Waals surface area (Å²) < 4.78 is 11.2. The fraction of sp³-hybridized carbons (Fsp3) is 1.00. The number of ether oxygens (including phenoxy) is 2. The van der Waals surface area contributed by atoms with E-state index in [0.29, 0.717) is 24.1 Å². The van der Waals surface area contributed by atoms with Crippen LogP contribution in [0.4, 0.5) is 0 Å². The normalized spacial score (nSPS) is 25.1. The molecule has 1 aliphatic rings. The summed E-state index contributed by atoms with van der Waals surface area (Å²) in [6.07, 6.45) is 2.77. The fourth-order valence-electron chi connectivity index (χ4n) is 1.90. The maximum Gasteiger partial charge on any atom is 0.0704 e. The molecule has 0 aliphatic heterocycles. The lowest BCUT2D eigenvalue weighted by Gasteiger charge is -2.37. The van der Waals surface area contributed by atoms with E-state index in [1.54, 1.807) is 0 Å². The van der Waals surface area contributed by atoms with Gasteiger partial charge in [-0.2, -0.15) is 0 Å². The standard InChI is InChI=1S/C13H27NO2/c1-10(2)9-15-5-6-16-13-7-12(8-13)14-11(3)4/h10-14H,5-9H2,1-4H3/t12-,13+. The second kappa shape index (κ2) is 7.25. The summed E-state index contributed by atoms with van der Waals surface area (Å²) in [5.74, 6) is 0.614. The Morgan fingerprint density at radius 3 is 2.38 bits per heavy atom. The lowest BCUT2D eigenvalue weighted by Crippen LogP contribution is -2.48. The predicted octanol–water partition coefficient (Wildman–Crippen LogP) is 2.20. The molecule has 96 valence electrons. The Labute approximate surface area is 99.9 Å². The molecule has 0 atom stereocenters. The van der Waals surface area contributed by atoms with Gasteiger partial charge in [0, 0.05) is 18.7 Å². The lowest BCUT2D eigenvalue weighted by atomic mass is 9.89. The highest BCUT2D eigenvalue weighted by Gasteiger charge is 2.29. The van der Waals surface area contributed by atoms with Crippen LogP contribution in [0, 0.1) is 5.92 Å². The van der Waals surface area contributed by atoms with Gasteiger partial charge >= 0.3 is 0 Å². The van der Waals surface area contributed by atoms with Crippen LogP contribution in [0.3, 0.4) is 0 Å². The first kappa shape index (κ1) is 13.9.